The third-order valence-corrected chi connectivity index (χ3v) is 7.11. The average Bonchev–Trinajstić information content (AvgIpc) is 3.33. The molecule has 37 heavy (non-hydrogen) atoms. The molecule has 172 valence electrons. The molecule has 0 saturated heterocycles. The largest absolute Gasteiger partial charge is 0.455 e. The maximum absolute atomic E-state index is 14.5. The molecule has 3 nitrogen and oxygen atoms in total. The lowest BCUT2D eigenvalue weighted by Gasteiger charge is -2.12. The molecule has 0 bridgehead atoms. The van der Waals surface area contributed by atoms with Gasteiger partial charge in [-0.3, -0.25) is 4.98 Å². The zero-order valence-corrected chi connectivity index (χ0v) is 20.8. The molecule has 0 saturated carbocycles. The third-order valence-electron chi connectivity index (χ3n) is 7.11. The molecule has 0 radical (unpaired) electrons. The number of benzene rings is 4. The first-order valence-corrected chi connectivity index (χ1v) is 12.1. The van der Waals surface area contributed by atoms with Gasteiger partial charge in [-0.05, 0) is 41.0 Å². The van der Waals surface area contributed by atoms with Gasteiger partial charge in [-0.15, -0.1) is 0 Å². The van der Waals surface area contributed by atoms with Crippen molar-refractivity contribution in [1.29, 1.82) is 5.26 Å². The Morgan fingerprint density at radius 2 is 1.41 bits per heavy atom. The van der Waals surface area contributed by atoms with E-state index in [1.807, 2.05) is 68.5 Å². The van der Waals surface area contributed by atoms with Crippen LogP contribution in [0.15, 0.2) is 89.3 Å². The van der Waals surface area contributed by atoms with Gasteiger partial charge in [-0.2, -0.15) is 5.26 Å². The first kappa shape index (κ1) is 22.9. The number of furan rings is 1. The van der Waals surface area contributed by atoms with Crippen molar-refractivity contribution in [2.24, 2.45) is 0 Å². The van der Waals surface area contributed by atoms with E-state index in [0.29, 0.717) is 33.5 Å². The van der Waals surface area contributed by atoms with Crippen molar-refractivity contribution in [1.82, 2.24) is 4.98 Å². The van der Waals surface area contributed by atoms with Crippen LogP contribution in [0.5, 0.6) is 0 Å². The van der Waals surface area contributed by atoms with Crippen molar-refractivity contribution in [3.63, 3.8) is 0 Å². The minimum absolute atomic E-state index is 0.280. The zero-order valence-electron chi connectivity index (χ0n) is 20.8. The van der Waals surface area contributed by atoms with Crippen LogP contribution < -0.4 is 16.5 Å². The molecular formula is C30H20B3FN2O. The monoisotopic (exact) mass is 476 g/mol. The zero-order chi connectivity index (χ0) is 25.7. The molecule has 6 aromatic rings. The van der Waals surface area contributed by atoms with E-state index < -0.39 is 0 Å². The minimum atomic E-state index is -0.280. The van der Waals surface area contributed by atoms with E-state index in [1.165, 1.54) is 0 Å². The predicted octanol–water partition coefficient (Wildman–Crippen LogP) is 2.77. The van der Waals surface area contributed by atoms with Crippen molar-refractivity contribution in [2.75, 3.05) is 0 Å². The summed E-state index contributed by atoms with van der Waals surface area (Å²) in [6.07, 6.45) is 0. The Balaban J connectivity index is 1.64. The van der Waals surface area contributed by atoms with Crippen LogP contribution in [-0.4, -0.2) is 28.5 Å². The Hall–Kier alpha value is -4.56. The second kappa shape index (κ2) is 8.83. The van der Waals surface area contributed by atoms with E-state index in [1.54, 1.807) is 15.7 Å². The standard InChI is InChI=1S/C30H20B3FN2O/c31-24-25(32)27(36-30(33)26(24)34)21-11-5-10-20-23-13-16(15-35)12-22(29(23)37-28(20)21)19-9-4-8-18(14-19)17-6-2-1-3-7-17/h1-14H,31-33H2. The van der Waals surface area contributed by atoms with E-state index in [4.69, 9.17) is 4.42 Å². The van der Waals surface area contributed by atoms with Gasteiger partial charge in [0.2, 0.25) is 0 Å². The molecule has 0 spiro atoms. The summed E-state index contributed by atoms with van der Waals surface area (Å²) in [5, 5.41) is 11.6. The molecule has 0 aliphatic rings. The van der Waals surface area contributed by atoms with Gasteiger partial charge in [-0.1, -0.05) is 71.6 Å². The third kappa shape index (κ3) is 3.73. The van der Waals surface area contributed by atoms with E-state index in [0.717, 1.165) is 44.1 Å². The topological polar surface area (TPSA) is 49.8 Å². The molecule has 0 amide bonds. The fourth-order valence-corrected chi connectivity index (χ4v) is 5.04. The highest BCUT2D eigenvalue weighted by atomic mass is 19.1. The lowest BCUT2D eigenvalue weighted by Crippen LogP contribution is -2.38. The van der Waals surface area contributed by atoms with E-state index in [9.17, 15) is 9.65 Å². The molecule has 7 heteroatoms. The van der Waals surface area contributed by atoms with Crippen LogP contribution in [0.4, 0.5) is 4.39 Å². The number of aromatic nitrogens is 1. The molecule has 0 aliphatic heterocycles. The van der Waals surface area contributed by atoms with Crippen LogP contribution in [0.25, 0.3) is 55.4 Å². The van der Waals surface area contributed by atoms with Gasteiger partial charge < -0.3 is 4.42 Å². The van der Waals surface area contributed by atoms with Crippen LogP contribution in [0.3, 0.4) is 0 Å². The Bertz CT molecular complexity index is 1890. The van der Waals surface area contributed by atoms with Gasteiger partial charge in [0, 0.05) is 27.5 Å². The van der Waals surface area contributed by atoms with E-state index in [-0.39, 0.29) is 5.82 Å². The van der Waals surface area contributed by atoms with Gasteiger partial charge in [-0.25, -0.2) is 4.39 Å². The highest BCUT2D eigenvalue weighted by molar-refractivity contribution is 6.52. The van der Waals surface area contributed by atoms with Gasteiger partial charge in [0.25, 0.3) is 0 Å². The number of halogens is 1. The molecule has 0 fully saturated rings. The smallest absolute Gasteiger partial charge is 0.167 e. The van der Waals surface area contributed by atoms with E-state index in [2.05, 4.69) is 35.3 Å². The average molecular weight is 476 g/mol. The minimum Gasteiger partial charge on any atom is -0.455 e. The molecular weight excluding hydrogens is 456 g/mol. The maximum atomic E-state index is 14.5. The Morgan fingerprint density at radius 3 is 2.19 bits per heavy atom. The van der Waals surface area contributed by atoms with Gasteiger partial charge in [0.05, 0.1) is 17.3 Å². The van der Waals surface area contributed by atoms with Gasteiger partial charge in [0.15, 0.2) is 7.85 Å². The predicted molar refractivity (Wildman–Crippen MR) is 157 cm³/mol. The summed E-state index contributed by atoms with van der Waals surface area (Å²) in [4.78, 5) is 4.60. The lowest BCUT2D eigenvalue weighted by molar-refractivity contribution is 0.641. The van der Waals surface area contributed by atoms with Gasteiger partial charge >= 0.3 is 0 Å². The molecule has 6 rings (SSSR count). The summed E-state index contributed by atoms with van der Waals surface area (Å²) in [6.45, 7) is 0. The number of hydrogen-bond donors (Lipinski definition) is 0. The van der Waals surface area contributed by atoms with Crippen molar-refractivity contribution >= 4 is 62.0 Å². The van der Waals surface area contributed by atoms with Crippen LogP contribution in [0, 0.1) is 17.1 Å². The Morgan fingerprint density at radius 1 is 0.703 bits per heavy atom. The summed E-state index contributed by atoms with van der Waals surface area (Å²) in [7, 11) is 5.34. The summed E-state index contributed by atoms with van der Waals surface area (Å²) >= 11 is 0. The normalized spacial score (nSPS) is 11.1. The first-order valence-electron chi connectivity index (χ1n) is 12.1. The molecule has 2 heterocycles. The van der Waals surface area contributed by atoms with Crippen LogP contribution >= 0.6 is 0 Å². The fourth-order valence-electron chi connectivity index (χ4n) is 5.04. The summed E-state index contributed by atoms with van der Waals surface area (Å²) in [5.74, 6) is -0.280. The summed E-state index contributed by atoms with van der Waals surface area (Å²) < 4.78 is 21.1. The van der Waals surface area contributed by atoms with Crippen LogP contribution in [0.2, 0.25) is 0 Å². The van der Waals surface area contributed by atoms with Crippen molar-refractivity contribution in [3.05, 3.63) is 96.3 Å². The van der Waals surface area contributed by atoms with Crippen LogP contribution in [0.1, 0.15) is 5.56 Å². The highest BCUT2D eigenvalue weighted by Gasteiger charge is 2.20. The molecule has 0 aliphatic carbocycles. The maximum Gasteiger partial charge on any atom is 0.167 e. The molecule has 0 N–H and O–H groups in total. The number of nitriles is 1. The lowest BCUT2D eigenvalue weighted by atomic mass is 9.76. The molecule has 4 aromatic carbocycles. The Labute approximate surface area is 216 Å². The highest BCUT2D eigenvalue weighted by Crippen LogP contribution is 2.40. The van der Waals surface area contributed by atoms with Crippen molar-refractivity contribution < 1.29 is 8.81 Å². The quantitative estimate of drug-likeness (QED) is 0.370. The second-order valence-corrected chi connectivity index (χ2v) is 9.35. The summed E-state index contributed by atoms with van der Waals surface area (Å²) in [6, 6.07) is 30.4. The first-order chi connectivity index (χ1) is 18.0. The number of pyridine rings is 1. The molecule has 2 aromatic heterocycles. The number of para-hydroxylation sites is 1. The Kier molecular flexibility index (Phi) is 5.46. The molecule has 0 atom stereocenters. The van der Waals surface area contributed by atoms with Crippen molar-refractivity contribution in [2.45, 2.75) is 0 Å². The fraction of sp³-hybridized carbons (Fsp3) is 0. The van der Waals surface area contributed by atoms with E-state index >= 15 is 0 Å². The number of nitrogens with zero attached hydrogens (tertiary/aromatic N) is 2. The number of rotatable bonds is 3. The SMILES string of the molecule is Bc1nc(-c2cccc3c2oc2c(-c4cccc(-c5ccccc5)c4)cc(C#N)cc23)c(B)c(B)c1F. The van der Waals surface area contributed by atoms with Crippen molar-refractivity contribution in [3.8, 4) is 39.6 Å². The van der Waals surface area contributed by atoms with Gasteiger partial charge in [0.1, 0.15) is 32.7 Å². The molecule has 0 unspecified atom stereocenters. The van der Waals surface area contributed by atoms with Crippen LogP contribution in [-0.2, 0) is 0 Å². The summed E-state index contributed by atoms with van der Waals surface area (Å²) in [5.41, 5.74) is 9.19. The second-order valence-electron chi connectivity index (χ2n) is 9.35. The number of hydrogen-bond acceptors (Lipinski definition) is 3. The number of fused-ring (bicyclic) bond motifs is 3.